The highest BCUT2D eigenvalue weighted by Crippen LogP contribution is 2.29. The summed E-state index contributed by atoms with van der Waals surface area (Å²) in [5.41, 5.74) is 0.233. The molecule has 2 aromatic rings. The van der Waals surface area contributed by atoms with Crippen LogP contribution in [0, 0.1) is 17.0 Å². The molecule has 0 saturated heterocycles. The first-order valence-electron chi connectivity index (χ1n) is 5.71. The fourth-order valence-corrected chi connectivity index (χ4v) is 1.76. The van der Waals surface area contributed by atoms with E-state index in [-0.39, 0.29) is 28.0 Å². The van der Waals surface area contributed by atoms with E-state index in [2.05, 4.69) is 4.98 Å². The van der Waals surface area contributed by atoms with Crippen LogP contribution in [0.25, 0.3) is 0 Å². The van der Waals surface area contributed by atoms with E-state index in [1.54, 1.807) is 6.92 Å². The number of hydrogen-bond acceptors (Lipinski definition) is 5. The summed E-state index contributed by atoms with van der Waals surface area (Å²) in [5.74, 6) is -1.13. The molecule has 108 valence electrons. The van der Waals surface area contributed by atoms with Crippen molar-refractivity contribution in [1.29, 1.82) is 0 Å². The second-order valence-corrected chi connectivity index (χ2v) is 4.49. The van der Waals surface area contributed by atoms with Gasteiger partial charge in [-0.3, -0.25) is 10.1 Å². The Bertz CT molecular complexity index is 732. The number of carboxylic acids is 1. The number of benzene rings is 1. The molecule has 0 spiro atoms. The zero-order valence-corrected chi connectivity index (χ0v) is 11.5. The smallest absolute Gasteiger partial charge is 0.341 e. The molecule has 0 atom stereocenters. The number of non-ortho nitro benzene ring substituents is 1. The first kappa shape index (κ1) is 14.7. The Hall–Kier alpha value is -2.67. The van der Waals surface area contributed by atoms with Crippen LogP contribution < -0.4 is 4.74 Å². The Kier molecular flexibility index (Phi) is 4.04. The maximum absolute atomic E-state index is 11.1. The summed E-state index contributed by atoms with van der Waals surface area (Å²) in [6.07, 6.45) is 0. The molecule has 8 heteroatoms. The number of pyridine rings is 1. The Labute approximate surface area is 123 Å². The van der Waals surface area contributed by atoms with Crippen LogP contribution in [-0.4, -0.2) is 21.0 Å². The molecule has 2 rings (SSSR count). The summed E-state index contributed by atoms with van der Waals surface area (Å²) < 4.78 is 5.42. The molecule has 21 heavy (non-hydrogen) atoms. The zero-order valence-electron chi connectivity index (χ0n) is 10.7. The van der Waals surface area contributed by atoms with Crippen molar-refractivity contribution in [1.82, 2.24) is 4.98 Å². The molecule has 0 fully saturated rings. The van der Waals surface area contributed by atoms with Gasteiger partial charge in [-0.15, -0.1) is 0 Å². The number of ether oxygens (including phenoxy) is 1. The molecule has 0 saturated carbocycles. The van der Waals surface area contributed by atoms with Gasteiger partial charge in [-0.1, -0.05) is 11.6 Å². The molecule has 1 heterocycles. The van der Waals surface area contributed by atoms with E-state index < -0.39 is 10.9 Å². The Morgan fingerprint density at radius 3 is 2.67 bits per heavy atom. The van der Waals surface area contributed by atoms with E-state index in [4.69, 9.17) is 21.4 Å². The predicted molar refractivity (Wildman–Crippen MR) is 74.1 cm³/mol. The van der Waals surface area contributed by atoms with Gasteiger partial charge in [-0.05, 0) is 30.7 Å². The quantitative estimate of drug-likeness (QED) is 0.527. The van der Waals surface area contributed by atoms with Crippen molar-refractivity contribution in [2.45, 2.75) is 6.92 Å². The van der Waals surface area contributed by atoms with Gasteiger partial charge in [0.15, 0.2) is 0 Å². The van der Waals surface area contributed by atoms with Crippen molar-refractivity contribution >= 4 is 23.3 Å². The molecule has 0 amide bonds. The number of hydrogen-bond donors (Lipinski definition) is 1. The second kappa shape index (κ2) is 5.76. The van der Waals surface area contributed by atoms with E-state index in [0.717, 1.165) is 0 Å². The highest BCUT2D eigenvalue weighted by Gasteiger charge is 2.16. The number of carbonyl (C=O) groups is 1. The lowest BCUT2D eigenvalue weighted by Gasteiger charge is -2.10. The van der Waals surface area contributed by atoms with E-state index in [0.29, 0.717) is 5.56 Å². The molecule has 0 aliphatic carbocycles. The van der Waals surface area contributed by atoms with Crippen molar-refractivity contribution in [3.63, 3.8) is 0 Å². The molecule has 0 radical (unpaired) electrons. The Morgan fingerprint density at radius 1 is 1.38 bits per heavy atom. The molecule has 0 aliphatic rings. The number of carboxylic acid groups (broad SMARTS) is 1. The minimum atomic E-state index is -1.21. The second-order valence-electron chi connectivity index (χ2n) is 4.10. The fourth-order valence-electron chi connectivity index (χ4n) is 1.62. The maximum atomic E-state index is 11.1. The van der Waals surface area contributed by atoms with E-state index in [9.17, 15) is 14.9 Å². The Balaban J connectivity index is 2.40. The van der Waals surface area contributed by atoms with Crippen LogP contribution in [0.3, 0.4) is 0 Å². The lowest BCUT2D eigenvalue weighted by molar-refractivity contribution is -0.384. The highest BCUT2D eigenvalue weighted by atomic mass is 35.5. The van der Waals surface area contributed by atoms with Crippen LogP contribution in [0.15, 0.2) is 30.3 Å². The van der Waals surface area contributed by atoms with Crippen LogP contribution in [0.1, 0.15) is 15.9 Å². The normalized spacial score (nSPS) is 10.2. The van der Waals surface area contributed by atoms with Crippen molar-refractivity contribution in [3.05, 3.63) is 56.7 Å². The van der Waals surface area contributed by atoms with E-state index in [1.807, 2.05) is 0 Å². The van der Waals surface area contributed by atoms with Crippen molar-refractivity contribution in [3.8, 4) is 11.6 Å². The Morgan fingerprint density at radius 2 is 2.10 bits per heavy atom. The summed E-state index contributed by atoms with van der Waals surface area (Å²) in [7, 11) is 0. The van der Waals surface area contributed by atoms with Gasteiger partial charge in [0, 0.05) is 12.1 Å². The molecule has 1 aromatic carbocycles. The molecule has 0 bridgehead atoms. The van der Waals surface area contributed by atoms with Crippen LogP contribution in [0.4, 0.5) is 5.69 Å². The highest BCUT2D eigenvalue weighted by molar-refractivity contribution is 6.29. The standard InChI is InChI=1S/C13H9ClN2O5/c1-7-6-8(16(19)20)2-4-10(7)21-12-9(13(17)18)3-5-11(14)15-12/h2-6H,1H3,(H,17,18). The molecular weight excluding hydrogens is 300 g/mol. The number of aromatic carboxylic acids is 1. The van der Waals surface area contributed by atoms with Gasteiger partial charge in [0.1, 0.15) is 16.5 Å². The average molecular weight is 309 g/mol. The van der Waals surface area contributed by atoms with Gasteiger partial charge in [0.2, 0.25) is 5.88 Å². The first-order valence-corrected chi connectivity index (χ1v) is 6.09. The van der Waals surface area contributed by atoms with Crippen molar-refractivity contribution in [2.75, 3.05) is 0 Å². The van der Waals surface area contributed by atoms with Crippen LogP contribution >= 0.6 is 11.6 Å². The zero-order chi connectivity index (χ0) is 15.6. The monoisotopic (exact) mass is 308 g/mol. The predicted octanol–water partition coefficient (Wildman–Crippen LogP) is 3.44. The van der Waals surface area contributed by atoms with Crippen LogP contribution in [0.2, 0.25) is 5.15 Å². The number of nitro benzene ring substituents is 1. The SMILES string of the molecule is Cc1cc([N+](=O)[O-])ccc1Oc1nc(Cl)ccc1C(=O)O. The van der Waals surface area contributed by atoms with Gasteiger partial charge < -0.3 is 9.84 Å². The summed E-state index contributed by atoms with van der Waals surface area (Å²) in [6, 6.07) is 6.56. The third-order valence-corrected chi connectivity index (χ3v) is 2.84. The van der Waals surface area contributed by atoms with Crippen LogP contribution in [0.5, 0.6) is 11.6 Å². The van der Waals surface area contributed by atoms with Crippen LogP contribution in [-0.2, 0) is 0 Å². The topological polar surface area (TPSA) is 103 Å². The number of aromatic nitrogens is 1. The number of rotatable bonds is 4. The lowest BCUT2D eigenvalue weighted by atomic mass is 10.2. The summed E-state index contributed by atoms with van der Waals surface area (Å²) in [5, 5.41) is 19.8. The van der Waals surface area contributed by atoms with Crippen molar-refractivity contribution < 1.29 is 19.6 Å². The molecule has 7 nitrogen and oxygen atoms in total. The minimum Gasteiger partial charge on any atom is -0.477 e. The lowest BCUT2D eigenvalue weighted by Crippen LogP contribution is -2.02. The third-order valence-electron chi connectivity index (χ3n) is 2.63. The average Bonchev–Trinajstić information content (AvgIpc) is 2.40. The molecule has 1 N–H and O–H groups in total. The van der Waals surface area contributed by atoms with E-state index >= 15 is 0 Å². The molecular formula is C13H9ClN2O5. The van der Waals surface area contributed by atoms with Gasteiger partial charge in [0.05, 0.1) is 4.92 Å². The number of halogens is 1. The largest absolute Gasteiger partial charge is 0.477 e. The van der Waals surface area contributed by atoms with Crippen molar-refractivity contribution in [2.24, 2.45) is 0 Å². The molecule has 1 aromatic heterocycles. The van der Waals surface area contributed by atoms with Gasteiger partial charge >= 0.3 is 5.97 Å². The summed E-state index contributed by atoms with van der Waals surface area (Å²) in [6.45, 7) is 1.60. The molecule has 0 unspecified atom stereocenters. The van der Waals surface area contributed by atoms with Gasteiger partial charge in [-0.25, -0.2) is 9.78 Å². The van der Waals surface area contributed by atoms with Gasteiger partial charge in [0.25, 0.3) is 5.69 Å². The minimum absolute atomic E-state index is 0.0783. The summed E-state index contributed by atoms with van der Waals surface area (Å²) >= 11 is 5.72. The van der Waals surface area contributed by atoms with Gasteiger partial charge in [-0.2, -0.15) is 0 Å². The van der Waals surface area contributed by atoms with E-state index in [1.165, 1.54) is 30.3 Å². The molecule has 0 aliphatic heterocycles. The third kappa shape index (κ3) is 3.26. The number of nitrogens with zero attached hydrogens (tertiary/aromatic N) is 2. The summed E-state index contributed by atoms with van der Waals surface area (Å²) in [4.78, 5) is 25.1. The number of aryl methyl sites for hydroxylation is 1. The fraction of sp³-hybridized carbons (Fsp3) is 0.0769. The first-order chi connectivity index (χ1) is 9.88. The maximum Gasteiger partial charge on any atom is 0.341 e. The number of nitro groups is 1.